The molecule has 13 heteroatoms. The molecule has 0 bridgehead atoms. The average molecular weight is 546 g/mol. The van der Waals surface area contributed by atoms with E-state index in [-0.39, 0.29) is 18.3 Å². The van der Waals surface area contributed by atoms with Gasteiger partial charge in [-0.05, 0) is 39.2 Å². The molecule has 1 fully saturated rings. The summed E-state index contributed by atoms with van der Waals surface area (Å²) in [4.78, 5) is 11.8. The number of nitrogens with zero attached hydrogens (tertiary/aromatic N) is 1. The van der Waals surface area contributed by atoms with Crippen LogP contribution in [0.1, 0.15) is 57.9 Å². The van der Waals surface area contributed by atoms with Crippen LogP contribution < -0.4 is 9.64 Å². The van der Waals surface area contributed by atoms with E-state index in [0.29, 0.717) is 31.9 Å². The first-order chi connectivity index (χ1) is 16.5. The molecule has 1 aromatic rings. The van der Waals surface area contributed by atoms with Crippen LogP contribution in [0, 0.1) is 11.8 Å². The summed E-state index contributed by atoms with van der Waals surface area (Å²) in [5.41, 5.74) is -4.29. The summed E-state index contributed by atoms with van der Waals surface area (Å²) in [6.07, 6.45) is -3.72. The Bertz CT molecular complexity index is 1070. The number of ether oxygens (including phenoxy) is 1. The lowest BCUT2D eigenvalue weighted by Crippen LogP contribution is -2.39. The molecule has 0 aromatic heterocycles. The normalized spacial score (nSPS) is 23.7. The molecule has 3 atom stereocenters. The largest absolute Gasteiger partial charge is 0.492 e. The van der Waals surface area contributed by atoms with Crippen LogP contribution in [0.4, 0.5) is 32.0 Å². The second kappa shape index (κ2) is 10.3. The van der Waals surface area contributed by atoms with Crippen molar-refractivity contribution in [2.45, 2.75) is 80.9 Å². The first kappa shape index (κ1) is 28.4. The summed E-state index contributed by atoms with van der Waals surface area (Å²) in [6.45, 7) is 0.814. The van der Waals surface area contributed by atoms with Crippen LogP contribution in [-0.2, 0) is 20.8 Å². The number of aliphatic carboxylic acids is 1. The Morgan fingerprint density at radius 1 is 1.19 bits per heavy atom. The topological polar surface area (TPSA) is 83.9 Å². The fraction of sp³-hybridized carbons (Fsp3) is 0.696. The van der Waals surface area contributed by atoms with Gasteiger partial charge >= 0.3 is 12.1 Å². The van der Waals surface area contributed by atoms with Crippen LogP contribution in [0.2, 0.25) is 0 Å². The first-order valence-corrected chi connectivity index (χ1v) is 13.2. The summed E-state index contributed by atoms with van der Waals surface area (Å²) in [5.74, 6) is -8.04. The van der Waals surface area contributed by atoms with Gasteiger partial charge in [0.25, 0.3) is 0 Å². The molecule has 1 heterocycles. The molecule has 0 saturated heterocycles. The Kier molecular flexibility index (Phi) is 8.12. The van der Waals surface area contributed by atoms with Gasteiger partial charge in [-0.1, -0.05) is 12.8 Å². The van der Waals surface area contributed by atoms with Crippen molar-refractivity contribution in [1.82, 2.24) is 0 Å². The zero-order chi connectivity index (χ0) is 27.1. The van der Waals surface area contributed by atoms with Gasteiger partial charge in [-0.3, -0.25) is 4.79 Å². The molecule has 1 N–H and O–H groups in total. The van der Waals surface area contributed by atoms with Crippen molar-refractivity contribution in [3.8, 4) is 5.75 Å². The summed E-state index contributed by atoms with van der Waals surface area (Å²) in [6, 6.07) is 0.803. The van der Waals surface area contributed by atoms with E-state index in [1.54, 1.807) is 0 Å². The molecular weight excluding hydrogens is 516 g/mol. The van der Waals surface area contributed by atoms with Gasteiger partial charge in [0.15, 0.2) is 0 Å². The predicted octanol–water partition coefficient (Wildman–Crippen LogP) is 5.69. The van der Waals surface area contributed by atoms with Crippen molar-refractivity contribution in [2.75, 3.05) is 18.1 Å². The molecule has 0 unspecified atom stereocenters. The standard InChI is InChI=1S/C23H29F6NO5S/c1-13(21(31)32)12-35-18-10-19-17(9-16(18)23(27,28)29)30(15-5-3-4-6-15)11-14(7-8-22(2,25)26)20(24)36(19,33)34/h9-10,13-15,20H,3-8,11-12H2,1-2H3,(H,31,32)/t13-,14+,20-/m1/s1. The third-order valence-corrected chi connectivity index (χ3v) is 8.63. The highest BCUT2D eigenvalue weighted by molar-refractivity contribution is 7.92. The van der Waals surface area contributed by atoms with E-state index in [2.05, 4.69) is 0 Å². The van der Waals surface area contributed by atoms with Crippen molar-refractivity contribution in [1.29, 1.82) is 0 Å². The highest BCUT2D eigenvalue weighted by atomic mass is 32.2. The van der Waals surface area contributed by atoms with Crippen LogP contribution in [0.15, 0.2) is 17.0 Å². The molecule has 3 rings (SSSR count). The average Bonchev–Trinajstić information content (AvgIpc) is 3.27. The van der Waals surface area contributed by atoms with E-state index >= 15 is 4.39 Å². The minimum atomic E-state index is -4.99. The SMILES string of the molecule is C[C@H](COc1cc2c(cc1C(F)(F)F)N(C1CCCC1)C[C@H](CCC(C)(F)F)[C@H](F)S2(=O)=O)C(=O)O. The zero-order valence-electron chi connectivity index (χ0n) is 19.8. The van der Waals surface area contributed by atoms with E-state index in [1.807, 2.05) is 0 Å². The van der Waals surface area contributed by atoms with E-state index in [1.165, 1.54) is 11.8 Å². The number of benzene rings is 1. The number of hydrogen-bond acceptors (Lipinski definition) is 5. The predicted molar refractivity (Wildman–Crippen MR) is 119 cm³/mol. The van der Waals surface area contributed by atoms with E-state index < -0.39 is 80.9 Å². The lowest BCUT2D eigenvalue weighted by atomic mass is 9.99. The molecule has 1 aliphatic carbocycles. The molecule has 204 valence electrons. The van der Waals surface area contributed by atoms with Gasteiger partial charge in [0.2, 0.25) is 21.3 Å². The highest BCUT2D eigenvalue weighted by Gasteiger charge is 2.46. The molecule has 0 spiro atoms. The number of carboxylic acid groups (broad SMARTS) is 1. The van der Waals surface area contributed by atoms with Gasteiger partial charge < -0.3 is 14.7 Å². The number of halogens is 6. The number of hydrogen-bond donors (Lipinski definition) is 1. The molecule has 2 aliphatic rings. The molecule has 0 amide bonds. The van der Waals surface area contributed by atoms with Crippen molar-refractivity contribution in [2.24, 2.45) is 11.8 Å². The van der Waals surface area contributed by atoms with E-state index in [4.69, 9.17) is 9.84 Å². The molecule has 6 nitrogen and oxygen atoms in total. The van der Waals surface area contributed by atoms with E-state index in [9.17, 15) is 35.2 Å². The lowest BCUT2D eigenvalue weighted by Gasteiger charge is -2.34. The van der Waals surface area contributed by atoms with Gasteiger partial charge in [0.1, 0.15) is 12.4 Å². The minimum absolute atomic E-state index is 0.332. The molecule has 0 radical (unpaired) electrons. The van der Waals surface area contributed by atoms with Crippen molar-refractivity contribution in [3.63, 3.8) is 0 Å². The van der Waals surface area contributed by atoms with Crippen LogP contribution >= 0.6 is 0 Å². The molecular formula is C23H29F6NO5S. The number of rotatable bonds is 8. The summed E-state index contributed by atoms with van der Waals surface area (Å²) in [7, 11) is -4.89. The Labute approximate surface area is 205 Å². The van der Waals surface area contributed by atoms with Gasteiger partial charge in [-0.25, -0.2) is 21.6 Å². The van der Waals surface area contributed by atoms with Crippen LogP contribution in [0.25, 0.3) is 0 Å². The fourth-order valence-corrected chi connectivity index (χ4v) is 6.37. The third-order valence-electron chi connectivity index (χ3n) is 6.71. The van der Waals surface area contributed by atoms with Crippen LogP contribution in [0.3, 0.4) is 0 Å². The maximum Gasteiger partial charge on any atom is 0.420 e. The Hall–Kier alpha value is -2.18. The molecule has 1 aliphatic heterocycles. The number of anilines is 1. The van der Waals surface area contributed by atoms with Gasteiger partial charge in [-0.2, -0.15) is 13.2 Å². The van der Waals surface area contributed by atoms with Gasteiger partial charge in [0, 0.05) is 31.0 Å². The van der Waals surface area contributed by atoms with E-state index in [0.717, 1.165) is 12.8 Å². The Morgan fingerprint density at radius 2 is 1.81 bits per heavy atom. The highest BCUT2D eigenvalue weighted by Crippen LogP contribution is 2.47. The maximum atomic E-state index is 15.5. The number of carboxylic acids is 1. The van der Waals surface area contributed by atoms with Gasteiger partial charge in [-0.15, -0.1) is 0 Å². The summed E-state index contributed by atoms with van der Waals surface area (Å²) < 4.78 is 116. The number of sulfone groups is 1. The Balaban J connectivity index is 2.16. The molecule has 36 heavy (non-hydrogen) atoms. The number of alkyl halides is 6. The molecule has 1 aromatic carbocycles. The first-order valence-electron chi connectivity index (χ1n) is 11.7. The fourth-order valence-electron chi connectivity index (χ4n) is 4.66. The van der Waals surface area contributed by atoms with Crippen molar-refractivity contribution >= 4 is 21.5 Å². The second-order valence-electron chi connectivity index (χ2n) is 9.72. The smallest absolute Gasteiger partial charge is 0.420 e. The summed E-state index contributed by atoms with van der Waals surface area (Å²) >= 11 is 0. The van der Waals surface area contributed by atoms with Crippen LogP contribution in [-0.4, -0.2) is 50.1 Å². The summed E-state index contributed by atoms with van der Waals surface area (Å²) in [5, 5.41) is 9.02. The minimum Gasteiger partial charge on any atom is -0.492 e. The molecule has 1 saturated carbocycles. The lowest BCUT2D eigenvalue weighted by molar-refractivity contribution is -0.142. The monoisotopic (exact) mass is 545 g/mol. The number of fused-ring (bicyclic) bond motifs is 1. The quantitative estimate of drug-likeness (QED) is 0.423. The Morgan fingerprint density at radius 3 is 2.33 bits per heavy atom. The second-order valence-corrected chi connectivity index (χ2v) is 11.7. The van der Waals surface area contributed by atoms with Gasteiger partial charge in [0.05, 0.1) is 22.1 Å². The van der Waals surface area contributed by atoms with Crippen LogP contribution in [0.5, 0.6) is 5.75 Å². The third kappa shape index (κ3) is 6.20. The van der Waals surface area contributed by atoms with Crippen molar-refractivity contribution < 1.29 is 49.4 Å². The number of carbonyl (C=O) groups is 1. The van der Waals surface area contributed by atoms with Crippen molar-refractivity contribution in [3.05, 3.63) is 17.7 Å². The maximum absolute atomic E-state index is 15.5. The zero-order valence-corrected chi connectivity index (χ0v) is 20.6.